The molecule has 2 aromatic heterocycles. The van der Waals surface area contributed by atoms with E-state index in [4.69, 9.17) is 4.74 Å². The minimum absolute atomic E-state index is 0.0212. The number of nitrogens with one attached hydrogen (secondary N) is 3. The van der Waals surface area contributed by atoms with Crippen molar-refractivity contribution in [2.24, 2.45) is 0 Å². The molecule has 134 valence electrons. The molecule has 0 bridgehead atoms. The zero-order chi connectivity index (χ0) is 17.9. The van der Waals surface area contributed by atoms with Crippen molar-refractivity contribution in [2.45, 2.75) is 31.0 Å². The van der Waals surface area contributed by atoms with Crippen molar-refractivity contribution >= 4 is 28.4 Å². The number of amides is 1. The lowest BCUT2D eigenvalue weighted by atomic mass is 9.96. The Morgan fingerprint density at radius 3 is 2.92 bits per heavy atom. The molecule has 0 aromatic carbocycles. The first-order chi connectivity index (χ1) is 11.8. The summed E-state index contributed by atoms with van der Waals surface area (Å²) >= 11 is 0. The highest BCUT2D eigenvalue weighted by molar-refractivity contribution is 6.09. The van der Waals surface area contributed by atoms with Crippen molar-refractivity contribution in [3.8, 4) is 0 Å². The Kier molecular flexibility index (Phi) is 3.37. The number of carbonyl (C=O) groups is 1. The molecule has 2 aliphatic rings. The number of aliphatic hydroxyl groups is 3. The fourth-order valence-electron chi connectivity index (χ4n) is 3.33. The van der Waals surface area contributed by atoms with E-state index >= 15 is 0 Å². The van der Waals surface area contributed by atoms with Gasteiger partial charge in [-0.3, -0.25) is 9.78 Å². The molecule has 2 aliphatic heterocycles. The number of aliphatic hydroxyl groups excluding tert-OH is 2. The quantitative estimate of drug-likeness (QED) is 0.365. The summed E-state index contributed by atoms with van der Waals surface area (Å²) in [5, 5.41) is 36.1. The van der Waals surface area contributed by atoms with Crippen molar-refractivity contribution in [3.63, 3.8) is 0 Å². The molecular weight excluding hydrogens is 334 g/mol. The molecule has 1 amide bonds. The third-order valence-corrected chi connectivity index (χ3v) is 4.58. The molecule has 25 heavy (non-hydrogen) atoms. The van der Waals surface area contributed by atoms with Crippen LogP contribution in [0.5, 0.6) is 0 Å². The average Bonchev–Trinajstić information content (AvgIpc) is 2.94. The van der Waals surface area contributed by atoms with Gasteiger partial charge in [-0.2, -0.15) is 4.98 Å². The minimum Gasteiger partial charge on any atom is -0.394 e. The van der Waals surface area contributed by atoms with E-state index in [1.807, 2.05) is 0 Å². The first kappa shape index (κ1) is 16.0. The highest BCUT2D eigenvalue weighted by Gasteiger charge is 2.53. The van der Waals surface area contributed by atoms with E-state index in [1.54, 1.807) is 0 Å². The second-order valence-corrected chi connectivity index (χ2v) is 6.35. The van der Waals surface area contributed by atoms with E-state index < -0.39 is 36.3 Å². The van der Waals surface area contributed by atoms with Gasteiger partial charge in [0.25, 0.3) is 0 Å². The van der Waals surface area contributed by atoms with Gasteiger partial charge >= 0.3 is 5.69 Å². The van der Waals surface area contributed by atoms with E-state index in [1.165, 1.54) is 17.7 Å². The molecule has 11 heteroatoms. The van der Waals surface area contributed by atoms with Crippen LogP contribution in [0.1, 0.15) is 13.2 Å². The molecule has 1 fully saturated rings. The van der Waals surface area contributed by atoms with Crippen molar-refractivity contribution in [1.29, 1.82) is 0 Å². The monoisotopic (exact) mass is 351 g/mol. The SMILES string of the molecule is C[C@]1(O)C(n2cc3c4c([nH]c(=O)nc42)NCC(=O)N3)O[C@H](CO)[C@H]1O. The first-order valence-electron chi connectivity index (χ1n) is 7.68. The Labute approximate surface area is 140 Å². The lowest BCUT2D eigenvalue weighted by Gasteiger charge is -2.27. The summed E-state index contributed by atoms with van der Waals surface area (Å²) in [6, 6.07) is 0. The number of H-pyrrole nitrogens is 1. The van der Waals surface area contributed by atoms with E-state index in [9.17, 15) is 24.9 Å². The maximum absolute atomic E-state index is 11.9. The Balaban J connectivity index is 1.94. The summed E-state index contributed by atoms with van der Waals surface area (Å²) in [7, 11) is 0. The molecule has 4 rings (SSSR count). The van der Waals surface area contributed by atoms with E-state index in [0.717, 1.165) is 0 Å². The first-order valence-corrected chi connectivity index (χ1v) is 7.68. The number of nitrogens with zero attached hydrogens (tertiary/aromatic N) is 2. The van der Waals surface area contributed by atoms with Crippen LogP contribution in [0.15, 0.2) is 11.0 Å². The van der Waals surface area contributed by atoms with Crippen molar-refractivity contribution in [3.05, 3.63) is 16.7 Å². The lowest BCUT2D eigenvalue weighted by molar-refractivity contribution is -0.114. The van der Waals surface area contributed by atoms with Crippen LogP contribution in [-0.2, 0) is 9.53 Å². The van der Waals surface area contributed by atoms with Crippen LogP contribution in [0.2, 0.25) is 0 Å². The molecule has 0 radical (unpaired) electrons. The van der Waals surface area contributed by atoms with Gasteiger partial charge in [-0.1, -0.05) is 0 Å². The molecule has 4 heterocycles. The number of ether oxygens (including phenoxy) is 1. The molecule has 4 atom stereocenters. The van der Waals surface area contributed by atoms with Gasteiger partial charge in [0, 0.05) is 6.20 Å². The molecule has 1 saturated heterocycles. The second kappa shape index (κ2) is 5.26. The molecule has 0 saturated carbocycles. The van der Waals surface area contributed by atoms with Gasteiger partial charge < -0.3 is 35.3 Å². The third kappa shape index (κ3) is 2.24. The maximum Gasteiger partial charge on any atom is 0.348 e. The summed E-state index contributed by atoms with van der Waals surface area (Å²) in [5.74, 6) is 0.00228. The van der Waals surface area contributed by atoms with Gasteiger partial charge in [0.1, 0.15) is 23.6 Å². The van der Waals surface area contributed by atoms with Gasteiger partial charge in [0.05, 0.1) is 24.2 Å². The standard InChI is InChI=1S/C14H17N5O6/c1-14(24)9(22)6(4-20)25-12(14)19-3-5-8-10(15-2-7(21)16-5)17-13(23)18-11(8)19/h3,6,9,12,20,22,24H,2,4H2,1H3,(H,16,21)(H2,15,17,18,23)/t6-,9-,12?,14-/m1/s1. The largest absolute Gasteiger partial charge is 0.394 e. The van der Waals surface area contributed by atoms with Crippen LogP contribution in [0.3, 0.4) is 0 Å². The van der Waals surface area contributed by atoms with Gasteiger partial charge in [0.15, 0.2) is 11.9 Å². The van der Waals surface area contributed by atoms with Crippen molar-refractivity contribution in [2.75, 3.05) is 23.8 Å². The van der Waals surface area contributed by atoms with E-state index in [-0.39, 0.29) is 18.1 Å². The zero-order valence-corrected chi connectivity index (χ0v) is 13.2. The van der Waals surface area contributed by atoms with Gasteiger partial charge in [-0.05, 0) is 6.92 Å². The smallest absolute Gasteiger partial charge is 0.348 e. The van der Waals surface area contributed by atoms with E-state index in [2.05, 4.69) is 20.6 Å². The number of hydrogen-bond donors (Lipinski definition) is 6. The average molecular weight is 351 g/mol. The summed E-state index contributed by atoms with van der Waals surface area (Å²) in [5.41, 5.74) is -1.85. The summed E-state index contributed by atoms with van der Waals surface area (Å²) in [6.45, 7) is 0.852. The molecule has 11 nitrogen and oxygen atoms in total. The molecular formula is C14H17N5O6. The van der Waals surface area contributed by atoms with Gasteiger partial charge in [-0.15, -0.1) is 0 Å². The third-order valence-electron chi connectivity index (χ3n) is 4.58. The van der Waals surface area contributed by atoms with Crippen LogP contribution >= 0.6 is 0 Å². The minimum atomic E-state index is -1.75. The fraction of sp³-hybridized carbons (Fsp3) is 0.500. The van der Waals surface area contributed by atoms with Crippen molar-refractivity contribution in [1.82, 2.24) is 14.5 Å². The van der Waals surface area contributed by atoms with Crippen LogP contribution in [0, 0.1) is 0 Å². The topological polar surface area (TPSA) is 162 Å². The van der Waals surface area contributed by atoms with Crippen LogP contribution in [-0.4, -0.2) is 66.7 Å². The number of aromatic amines is 1. The number of anilines is 2. The summed E-state index contributed by atoms with van der Waals surface area (Å²) in [4.78, 5) is 30.2. The lowest BCUT2D eigenvalue weighted by Crippen LogP contribution is -2.44. The van der Waals surface area contributed by atoms with Gasteiger partial charge in [-0.25, -0.2) is 4.79 Å². The fourth-order valence-corrected chi connectivity index (χ4v) is 3.33. The molecule has 0 spiro atoms. The van der Waals surface area contributed by atoms with Gasteiger partial charge in [0.2, 0.25) is 5.91 Å². The molecule has 6 N–H and O–H groups in total. The Morgan fingerprint density at radius 1 is 1.48 bits per heavy atom. The highest BCUT2D eigenvalue weighted by atomic mass is 16.6. The molecule has 2 aromatic rings. The summed E-state index contributed by atoms with van der Waals surface area (Å²) in [6.07, 6.45) is -1.98. The van der Waals surface area contributed by atoms with Crippen LogP contribution in [0.25, 0.3) is 11.0 Å². The zero-order valence-electron chi connectivity index (χ0n) is 13.2. The summed E-state index contributed by atoms with van der Waals surface area (Å²) < 4.78 is 6.95. The Morgan fingerprint density at radius 2 is 2.24 bits per heavy atom. The predicted octanol–water partition coefficient (Wildman–Crippen LogP) is -1.91. The number of rotatable bonds is 2. The van der Waals surface area contributed by atoms with Crippen LogP contribution < -0.4 is 16.3 Å². The van der Waals surface area contributed by atoms with E-state index in [0.29, 0.717) is 16.9 Å². The number of hydrogen-bond acceptors (Lipinski definition) is 8. The molecule has 0 aliphatic carbocycles. The van der Waals surface area contributed by atoms with Crippen molar-refractivity contribution < 1.29 is 24.9 Å². The number of carbonyl (C=O) groups excluding carboxylic acids is 1. The normalized spacial score (nSPS) is 31.7. The Bertz CT molecular complexity index is 918. The Hall–Kier alpha value is -2.47. The molecule has 1 unspecified atom stereocenters. The second-order valence-electron chi connectivity index (χ2n) is 6.35. The predicted molar refractivity (Wildman–Crippen MR) is 85.1 cm³/mol. The highest BCUT2D eigenvalue weighted by Crippen LogP contribution is 2.42. The number of aromatic nitrogens is 3. The maximum atomic E-state index is 11.9. The van der Waals surface area contributed by atoms with Crippen LogP contribution in [0.4, 0.5) is 11.5 Å².